The largest absolute Gasteiger partial charge is 0.341 e. The molecule has 15 rings (SSSR count). The average molecular weight is 745 g/mol. The van der Waals surface area contributed by atoms with Crippen LogP contribution in [-0.4, -0.2) is 27.5 Å². The van der Waals surface area contributed by atoms with Crippen LogP contribution in [0.2, 0.25) is 0 Å². The number of anilines is 16. The number of fused-ring (bicyclic) bond motifs is 17. The van der Waals surface area contributed by atoms with Crippen molar-refractivity contribution in [2.75, 3.05) is 43.5 Å². The molecule has 0 radical (unpaired) electrons. The lowest BCUT2D eigenvalue weighted by Crippen LogP contribution is -2.61. The molecular weight excluding hydrogens is 714 g/mol. The Hall–Kier alpha value is -6.83. The van der Waals surface area contributed by atoms with Gasteiger partial charge in [0.2, 0.25) is 0 Å². The van der Waals surface area contributed by atoms with Gasteiger partial charge in [-0.2, -0.15) is 11.3 Å². The number of hydrogen-bond acceptors (Lipinski definition) is 7. The van der Waals surface area contributed by atoms with E-state index in [0.717, 1.165) is 0 Å². The molecule has 7 aliphatic heterocycles. The van der Waals surface area contributed by atoms with Crippen LogP contribution in [0, 0.1) is 0 Å². The first-order chi connectivity index (χ1) is 28.2. The molecule has 8 heterocycles. The molecule has 1 aromatic heterocycles. The molecule has 0 saturated heterocycles. The third-order valence-corrected chi connectivity index (χ3v) is 15.1. The van der Waals surface area contributed by atoms with Crippen LogP contribution in [0.3, 0.4) is 0 Å². The molecule has 8 aromatic rings. The number of thiophene rings is 1. The van der Waals surface area contributed by atoms with Gasteiger partial charge in [0.15, 0.2) is 0 Å². The van der Waals surface area contributed by atoms with Crippen LogP contribution in [0.15, 0.2) is 146 Å². The standard InChI is InChI=1S/C48H30B2N6S/c1-51-31-17-7-9-19-33(31)53-29-15-5-3-13-27(29)49-41-37(23-25-39(51)43(41)53)55-35-21-11-12-22-36(35)56-38-24-26-40-44-42(38)50(48-46(56)45(55)47(49)57-48)28-14-4-6-16-30(28)54(44)34-20-10-8-18-32(34)52(40)2/h3-26H,1-2H3. The van der Waals surface area contributed by atoms with E-state index in [-0.39, 0.29) is 13.4 Å². The van der Waals surface area contributed by atoms with Crippen molar-refractivity contribution in [1.82, 2.24) is 0 Å². The van der Waals surface area contributed by atoms with Gasteiger partial charge in [-0.1, -0.05) is 72.8 Å². The van der Waals surface area contributed by atoms with Gasteiger partial charge in [0.05, 0.1) is 68.2 Å². The molecule has 0 bridgehead atoms. The van der Waals surface area contributed by atoms with Gasteiger partial charge in [-0.25, -0.2) is 0 Å². The van der Waals surface area contributed by atoms with Crippen molar-refractivity contribution in [1.29, 1.82) is 0 Å². The number of rotatable bonds is 0. The molecule has 0 saturated carbocycles. The number of hydrogen-bond donors (Lipinski definition) is 0. The summed E-state index contributed by atoms with van der Waals surface area (Å²) >= 11 is 2.05. The molecule has 0 spiro atoms. The van der Waals surface area contributed by atoms with E-state index >= 15 is 0 Å². The van der Waals surface area contributed by atoms with Crippen molar-refractivity contribution in [2.24, 2.45) is 0 Å². The SMILES string of the molecule is CN1c2ccccc2N2c3ccccc3B3c4sc5c6c4N(c4ccccc4N6c4ccc6c7c4B5c4ccccc4N7c4ccccc4N6C)c4ccc1c2c43. The molecule has 6 nitrogen and oxygen atoms in total. The Morgan fingerprint density at radius 2 is 0.632 bits per heavy atom. The topological polar surface area (TPSA) is 19.4 Å². The van der Waals surface area contributed by atoms with Gasteiger partial charge in [0.25, 0.3) is 13.4 Å². The van der Waals surface area contributed by atoms with Crippen molar-refractivity contribution in [3.05, 3.63) is 146 Å². The summed E-state index contributed by atoms with van der Waals surface area (Å²) in [6, 6.07) is 54.8. The Morgan fingerprint density at radius 1 is 0.316 bits per heavy atom. The first-order valence-electron chi connectivity index (χ1n) is 19.8. The molecule has 0 fully saturated rings. The van der Waals surface area contributed by atoms with Gasteiger partial charge < -0.3 is 29.4 Å². The van der Waals surface area contributed by atoms with E-state index < -0.39 is 0 Å². The third-order valence-electron chi connectivity index (χ3n) is 13.8. The fourth-order valence-corrected chi connectivity index (χ4v) is 13.1. The lowest BCUT2D eigenvalue weighted by molar-refractivity contribution is 1.12. The van der Waals surface area contributed by atoms with Crippen molar-refractivity contribution >= 4 is 147 Å². The molecule has 0 N–H and O–H groups in total. The summed E-state index contributed by atoms with van der Waals surface area (Å²) in [7, 11) is 4.46. The zero-order chi connectivity index (χ0) is 37.0. The van der Waals surface area contributed by atoms with Gasteiger partial charge in [-0.3, -0.25) is 0 Å². The van der Waals surface area contributed by atoms with Crippen LogP contribution < -0.4 is 60.8 Å². The second kappa shape index (κ2) is 9.75. The molecule has 7 aromatic carbocycles. The summed E-state index contributed by atoms with van der Waals surface area (Å²) in [5.41, 5.74) is 25.7. The molecule has 9 heteroatoms. The van der Waals surface area contributed by atoms with E-state index in [4.69, 9.17) is 0 Å². The third kappa shape index (κ3) is 3.16. The van der Waals surface area contributed by atoms with Gasteiger partial charge in [-0.15, -0.1) is 0 Å². The maximum absolute atomic E-state index is 2.63. The van der Waals surface area contributed by atoms with Crippen molar-refractivity contribution in [2.45, 2.75) is 0 Å². The van der Waals surface area contributed by atoms with Crippen molar-refractivity contribution < 1.29 is 0 Å². The summed E-state index contributed by atoms with van der Waals surface area (Å²) in [5.74, 6) is 0. The second-order valence-corrected chi connectivity index (χ2v) is 17.3. The minimum atomic E-state index is 0.0837. The summed E-state index contributed by atoms with van der Waals surface area (Å²) in [4.78, 5) is 15.2. The highest BCUT2D eigenvalue weighted by Gasteiger charge is 2.55. The van der Waals surface area contributed by atoms with Gasteiger partial charge >= 0.3 is 0 Å². The zero-order valence-corrected chi connectivity index (χ0v) is 31.9. The molecule has 0 amide bonds. The highest BCUT2D eigenvalue weighted by Crippen LogP contribution is 2.61. The van der Waals surface area contributed by atoms with Crippen LogP contribution in [0.4, 0.5) is 91.0 Å². The van der Waals surface area contributed by atoms with Gasteiger partial charge in [0, 0.05) is 46.4 Å². The zero-order valence-electron chi connectivity index (χ0n) is 31.1. The van der Waals surface area contributed by atoms with Crippen molar-refractivity contribution in [3.8, 4) is 0 Å². The Labute approximate surface area is 334 Å². The first-order valence-corrected chi connectivity index (χ1v) is 20.6. The Bertz CT molecular complexity index is 3000. The predicted octanol–water partition coefficient (Wildman–Crippen LogP) is 8.39. The highest BCUT2D eigenvalue weighted by atomic mass is 32.1. The van der Waals surface area contributed by atoms with Crippen LogP contribution in [-0.2, 0) is 0 Å². The van der Waals surface area contributed by atoms with Crippen LogP contribution >= 0.6 is 11.3 Å². The van der Waals surface area contributed by atoms with Crippen molar-refractivity contribution in [3.63, 3.8) is 0 Å². The molecule has 7 aliphatic rings. The monoisotopic (exact) mass is 744 g/mol. The minimum absolute atomic E-state index is 0.0837. The average Bonchev–Trinajstić information content (AvgIpc) is 3.66. The van der Waals surface area contributed by atoms with E-state index in [0.29, 0.717) is 0 Å². The molecule has 57 heavy (non-hydrogen) atoms. The molecule has 0 atom stereocenters. The summed E-state index contributed by atoms with van der Waals surface area (Å²) in [6.45, 7) is 0.167. The first kappa shape index (κ1) is 29.5. The normalized spacial score (nSPS) is 15.6. The lowest BCUT2D eigenvalue weighted by Gasteiger charge is -2.51. The van der Waals surface area contributed by atoms with Gasteiger partial charge in [0.1, 0.15) is 0 Å². The van der Waals surface area contributed by atoms with E-state index in [2.05, 4.69) is 200 Å². The summed E-state index contributed by atoms with van der Waals surface area (Å²) in [5, 5.41) is 0. The second-order valence-electron chi connectivity index (χ2n) is 16.2. The maximum Gasteiger partial charge on any atom is 0.264 e. The van der Waals surface area contributed by atoms with E-state index in [1.165, 1.54) is 122 Å². The number of nitrogens with zero attached hydrogens (tertiary/aromatic N) is 6. The summed E-state index contributed by atoms with van der Waals surface area (Å²) in [6.07, 6.45) is 0. The van der Waals surface area contributed by atoms with E-state index in [9.17, 15) is 0 Å². The highest BCUT2D eigenvalue weighted by molar-refractivity contribution is 7.39. The Morgan fingerprint density at radius 3 is 1.05 bits per heavy atom. The van der Waals surface area contributed by atoms with Crippen LogP contribution in [0.25, 0.3) is 0 Å². The van der Waals surface area contributed by atoms with E-state index in [1.54, 1.807) is 0 Å². The van der Waals surface area contributed by atoms with Crippen LogP contribution in [0.5, 0.6) is 0 Å². The fourth-order valence-electron chi connectivity index (χ4n) is 11.6. The molecule has 0 aliphatic carbocycles. The Kier molecular flexibility index (Phi) is 5.04. The number of para-hydroxylation sites is 8. The van der Waals surface area contributed by atoms with Gasteiger partial charge in [-0.05, 0) is 94.6 Å². The predicted molar refractivity (Wildman–Crippen MR) is 242 cm³/mol. The molecular formula is C48H30B2N6S. The molecule has 264 valence electrons. The maximum atomic E-state index is 2.63. The Balaban J connectivity index is 1.08. The lowest BCUT2D eigenvalue weighted by atomic mass is 9.35. The fraction of sp³-hybridized carbons (Fsp3) is 0.0417. The van der Waals surface area contributed by atoms with Crippen LogP contribution in [0.1, 0.15) is 0 Å². The smallest absolute Gasteiger partial charge is 0.264 e. The minimum Gasteiger partial charge on any atom is -0.341 e. The molecule has 0 unspecified atom stereocenters. The quantitative estimate of drug-likeness (QED) is 0.144. The number of benzene rings is 7. The summed E-state index contributed by atoms with van der Waals surface area (Å²) < 4.78 is 2.86. The van der Waals surface area contributed by atoms with E-state index in [1.807, 2.05) is 0 Å².